The molecule has 0 aliphatic rings. The van der Waals surface area contributed by atoms with Gasteiger partial charge in [-0.15, -0.1) is 0 Å². The Balaban J connectivity index is 1.73. The van der Waals surface area contributed by atoms with Crippen molar-refractivity contribution < 1.29 is 14.3 Å². The van der Waals surface area contributed by atoms with Crippen LogP contribution in [0.25, 0.3) is 0 Å². The van der Waals surface area contributed by atoms with Gasteiger partial charge in [-0.05, 0) is 36.2 Å². The van der Waals surface area contributed by atoms with E-state index < -0.39 is 0 Å². The fraction of sp³-hybridized carbons (Fsp3) is 0.333. The van der Waals surface area contributed by atoms with E-state index in [-0.39, 0.29) is 30.6 Å². The van der Waals surface area contributed by atoms with Crippen molar-refractivity contribution in [2.75, 3.05) is 13.2 Å². The highest BCUT2D eigenvalue weighted by Gasteiger charge is 2.11. The normalized spacial score (nSPS) is 11.6. The molecule has 5 nitrogen and oxygen atoms in total. The minimum absolute atomic E-state index is 0.0606. The molecule has 0 spiro atoms. The SMILES string of the molecule is CCCOc1ccc(C(=O)CCC(=O)NCC(N)c2ccccc2)cc1. The number of carbonyl (C=O) groups excluding carboxylic acids is 2. The van der Waals surface area contributed by atoms with Crippen LogP contribution in [-0.2, 0) is 4.79 Å². The van der Waals surface area contributed by atoms with Gasteiger partial charge >= 0.3 is 0 Å². The van der Waals surface area contributed by atoms with Crippen LogP contribution in [-0.4, -0.2) is 24.8 Å². The summed E-state index contributed by atoms with van der Waals surface area (Å²) < 4.78 is 5.49. The molecule has 0 saturated heterocycles. The highest BCUT2D eigenvalue weighted by Crippen LogP contribution is 2.14. The molecule has 26 heavy (non-hydrogen) atoms. The Hall–Kier alpha value is -2.66. The average Bonchev–Trinajstić information content (AvgIpc) is 2.69. The van der Waals surface area contributed by atoms with Crippen molar-refractivity contribution in [3.63, 3.8) is 0 Å². The Morgan fingerprint density at radius 3 is 2.38 bits per heavy atom. The van der Waals surface area contributed by atoms with Gasteiger partial charge in [-0.1, -0.05) is 37.3 Å². The van der Waals surface area contributed by atoms with Gasteiger partial charge < -0.3 is 15.8 Å². The molecule has 1 atom stereocenters. The van der Waals surface area contributed by atoms with Gasteiger partial charge in [0.25, 0.3) is 0 Å². The van der Waals surface area contributed by atoms with Gasteiger partial charge in [0, 0.05) is 31.0 Å². The molecule has 0 fully saturated rings. The van der Waals surface area contributed by atoms with E-state index in [2.05, 4.69) is 5.32 Å². The highest BCUT2D eigenvalue weighted by atomic mass is 16.5. The van der Waals surface area contributed by atoms with Crippen LogP contribution in [0.15, 0.2) is 54.6 Å². The van der Waals surface area contributed by atoms with Crippen LogP contribution >= 0.6 is 0 Å². The van der Waals surface area contributed by atoms with Crippen molar-refractivity contribution in [3.8, 4) is 5.75 Å². The van der Waals surface area contributed by atoms with Crippen LogP contribution in [0, 0.1) is 0 Å². The summed E-state index contributed by atoms with van der Waals surface area (Å²) in [5.41, 5.74) is 7.60. The molecule has 1 unspecified atom stereocenters. The molecule has 0 saturated carbocycles. The predicted molar refractivity (Wildman–Crippen MR) is 102 cm³/mol. The van der Waals surface area contributed by atoms with Crippen molar-refractivity contribution in [2.24, 2.45) is 5.73 Å². The van der Waals surface area contributed by atoms with Gasteiger partial charge in [-0.2, -0.15) is 0 Å². The first-order valence-corrected chi connectivity index (χ1v) is 8.93. The number of benzene rings is 2. The summed E-state index contributed by atoms with van der Waals surface area (Å²) in [6.45, 7) is 3.04. The maximum absolute atomic E-state index is 12.2. The third kappa shape index (κ3) is 6.33. The lowest BCUT2D eigenvalue weighted by Crippen LogP contribution is -2.32. The number of nitrogens with one attached hydrogen (secondary N) is 1. The number of hydrogen-bond donors (Lipinski definition) is 2. The van der Waals surface area contributed by atoms with Crippen molar-refractivity contribution in [3.05, 3.63) is 65.7 Å². The van der Waals surface area contributed by atoms with E-state index in [1.165, 1.54) is 0 Å². The first-order chi connectivity index (χ1) is 12.6. The zero-order valence-corrected chi connectivity index (χ0v) is 15.1. The van der Waals surface area contributed by atoms with Crippen LogP contribution in [0.2, 0.25) is 0 Å². The summed E-state index contributed by atoms with van der Waals surface area (Å²) >= 11 is 0. The van der Waals surface area contributed by atoms with Gasteiger partial charge in [0.05, 0.1) is 6.61 Å². The molecule has 0 aliphatic heterocycles. The molecule has 2 aromatic carbocycles. The largest absolute Gasteiger partial charge is 0.494 e. The Kier molecular flexibility index (Phi) is 7.83. The van der Waals surface area contributed by atoms with E-state index in [1.807, 2.05) is 37.3 Å². The number of ether oxygens (including phenoxy) is 1. The fourth-order valence-corrected chi connectivity index (χ4v) is 2.46. The van der Waals surface area contributed by atoms with Gasteiger partial charge in [0.1, 0.15) is 5.75 Å². The van der Waals surface area contributed by atoms with Gasteiger partial charge in [-0.25, -0.2) is 0 Å². The van der Waals surface area contributed by atoms with E-state index in [1.54, 1.807) is 24.3 Å². The Morgan fingerprint density at radius 2 is 1.73 bits per heavy atom. The predicted octanol–water partition coefficient (Wildman–Crippen LogP) is 3.25. The summed E-state index contributed by atoms with van der Waals surface area (Å²) in [5, 5.41) is 2.78. The Morgan fingerprint density at radius 1 is 1.04 bits per heavy atom. The maximum atomic E-state index is 12.2. The first-order valence-electron chi connectivity index (χ1n) is 8.93. The summed E-state index contributed by atoms with van der Waals surface area (Å²) in [5.74, 6) is 0.512. The summed E-state index contributed by atoms with van der Waals surface area (Å²) in [4.78, 5) is 24.1. The lowest BCUT2D eigenvalue weighted by molar-refractivity contribution is -0.121. The minimum Gasteiger partial charge on any atom is -0.494 e. The smallest absolute Gasteiger partial charge is 0.220 e. The van der Waals surface area contributed by atoms with Crippen molar-refractivity contribution in [2.45, 2.75) is 32.2 Å². The molecule has 0 bridgehead atoms. The molecule has 1 amide bonds. The second-order valence-electron chi connectivity index (χ2n) is 6.12. The molecule has 0 aromatic heterocycles. The molecule has 2 rings (SSSR count). The van der Waals surface area contributed by atoms with E-state index in [4.69, 9.17) is 10.5 Å². The summed E-state index contributed by atoms with van der Waals surface area (Å²) in [7, 11) is 0. The number of carbonyl (C=O) groups is 2. The quantitative estimate of drug-likeness (QED) is 0.642. The number of hydrogen-bond acceptors (Lipinski definition) is 4. The third-order valence-corrected chi connectivity index (χ3v) is 3.98. The molecule has 2 aromatic rings. The molecule has 0 heterocycles. The number of rotatable bonds is 10. The number of ketones is 1. The first kappa shape index (κ1) is 19.7. The Labute approximate surface area is 154 Å². The molecule has 5 heteroatoms. The van der Waals surface area contributed by atoms with Crippen LogP contribution in [0.5, 0.6) is 5.75 Å². The average molecular weight is 354 g/mol. The van der Waals surface area contributed by atoms with E-state index in [0.717, 1.165) is 17.7 Å². The minimum atomic E-state index is -0.258. The third-order valence-electron chi connectivity index (χ3n) is 3.98. The molecule has 0 radical (unpaired) electrons. The lowest BCUT2D eigenvalue weighted by atomic mass is 10.1. The van der Waals surface area contributed by atoms with Crippen molar-refractivity contribution >= 4 is 11.7 Å². The topological polar surface area (TPSA) is 81.4 Å². The maximum Gasteiger partial charge on any atom is 0.220 e. The fourth-order valence-electron chi connectivity index (χ4n) is 2.46. The zero-order valence-electron chi connectivity index (χ0n) is 15.1. The van der Waals surface area contributed by atoms with E-state index >= 15 is 0 Å². The van der Waals surface area contributed by atoms with Crippen molar-refractivity contribution in [1.29, 1.82) is 0 Å². The Bertz CT molecular complexity index is 699. The second-order valence-corrected chi connectivity index (χ2v) is 6.12. The molecular weight excluding hydrogens is 328 g/mol. The van der Waals surface area contributed by atoms with Crippen LogP contribution in [0.3, 0.4) is 0 Å². The van der Waals surface area contributed by atoms with E-state index in [9.17, 15) is 9.59 Å². The van der Waals surface area contributed by atoms with Gasteiger partial charge in [0.2, 0.25) is 5.91 Å². The van der Waals surface area contributed by atoms with Gasteiger partial charge in [0.15, 0.2) is 5.78 Å². The van der Waals surface area contributed by atoms with E-state index in [0.29, 0.717) is 18.7 Å². The second kappa shape index (κ2) is 10.4. The molecule has 3 N–H and O–H groups in total. The lowest BCUT2D eigenvalue weighted by Gasteiger charge is -2.13. The molecule has 138 valence electrons. The molecule has 0 aliphatic carbocycles. The van der Waals surface area contributed by atoms with Crippen LogP contribution in [0.4, 0.5) is 0 Å². The van der Waals surface area contributed by atoms with Crippen LogP contribution < -0.4 is 15.8 Å². The number of nitrogens with two attached hydrogens (primary N) is 1. The standard InChI is InChI=1S/C21H26N2O3/c1-2-14-26-18-10-8-17(9-11-18)20(24)12-13-21(25)23-15-19(22)16-6-4-3-5-7-16/h3-11,19H,2,12-15,22H2,1H3,(H,23,25). The zero-order chi connectivity index (χ0) is 18.8. The van der Waals surface area contributed by atoms with Crippen molar-refractivity contribution in [1.82, 2.24) is 5.32 Å². The van der Waals surface area contributed by atoms with Crippen LogP contribution in [0.1, 0.15) is 48.1 Å². The number of Topliss-reactive ketones (excluding diaryl/α,β-unsaturated/α-hetero) is 1. The summed E-state index contributed by atoms with van der Waals surface area (Å²) in [6.07, 6.45) is 1.25. The highest BCUT2D eigenvalue weighted by molar-refractivity contribution is 5.98. The summed E-state index contributed by atoms with van der Waals surface area (Å²) in [6, 6.07) is 16.4. The monoisotopic (exact) mass is 354 g/mol. The molecular formula is C21H26N2O3. The van der Waals surface area contributed by atoms with Gasteiger partial charge in [-0.3, -0.25) is 9.59 Å². The number of amides is 1.